The molecule has 0 bridgehead atoms. The highest BCUT2D eigenvalue weighted by atomic mass is 16.5. The van der Waals surface area contributed by atoms with Gasteiger partial charge in [-0.15, -0.1) is 0 Å². The lowest BCUT2D eigenvalue weighted by molar-refractivity contribution is 0.301. The van der Waals surface area contributed by atoms with Crippen molar-refractivity contribution in [2.45, 2.75) is 39.8 Å². The van der Waals surface area contributed by atoms with Crippen molar-refractivity contribution in [2.24, 2.45) is 0 Å². The summed E-state index contributed by atoms with van der Waals surface area (Å²) in [7, 11) is 0. The van der Waals surface area contributed by atoms with E-state index in [0.29, 0.717) is 12.5 Å². The SMILES string of the molecule is Cc1cc2ccccc2n1Cc1ccc(OCc2ccccc2)c(C(C)C)c1. The number of fused-ring (bicyclic) bond motifs is 1. The van der Waals surface area contributed by atoms with E-state index < -0.39 is 0 Å². The molecule has 4 rings (SSSR count). The molecule has 0 fully saturated rings. The lowest BCUT2D eigenvalue weighted by Crippen LogP contribution is -2.04. The van der Waals surface area contributed by atoms with E-state index in [0.717, 1.165) is 12.3 Å². The molecule has 0 amide bonds. The molecular weight excluding hydrogens is 342 g/mol. The highest BCUT2D eigenvalue weighted by Gasteiger charge is 2.12. The Kier molecular flexibility index (Phi) is 5.21. The molecule has 0 atom stereocenters. The van der Waals surface area contributed by atoms with Crippen molar-refractivity contribution in [2.75, 3.05) is 0 Å². The number of aromatic nitrogens is 1. The first kappa shape index (κ1) is 18.4. The molecule has 142 valence electrons. The second kappa shape index (κ2) is 7.93. The van der Waals surface area contributed by atoms with Crippen molar-refractivity contribution in [1.29, 1.82) is 0 Å². The van der Waals surface area contributed by atoms with Gasteiger partial charge in [0.05, 0.1) is 0 Å². The Hall–Kier alpha value is -3.00. The first-order valence-electron chi connectivity index (χ1n) is 9.96. The van der Waals surface area contributed by atoms with Crippen molar-refractivity contribution in [3.05, 3.63) is 101 Å². The lowest BCUT2D eigenvalue weighted by Gasteiger charge is -2.17. The Morgan fingerprint density at radius 2 is 1.57 bits per heavy atom. The van der Waals surface area contributed by atoms with E-state index >= 15 is 0 Å². The molecule has 2 nitrogen and oxygen atoms in total. The van der Waals surface area contributed by atoms with E-state index in [1.165, 1.54) is 33.3 Å². The zero-order valence-corrected chi connectivity index (χ0v) is 16.9. The maximum Gasteiger partial charge on any atom is 0.123 e. The third kappa shape index (κ3) is 3.82. The molecule has 1 aromatic heterocycles. The van der Waals surface area contributed by atoms with E-state index in [-0.39, 0.29) is 0 Å². The molecule has 0 spiro atoms. The average molecular weight is 370 g/mol. The van der Waals surface area contributed by atoms with Crippen LogP contribution in [-0.4, -0.2) is 4.57 Å². The summed E-state index contributed by atoms with van der Waals surface area (Å²) in [5.41, 5.74) is 6.34. The maximum absolute atomic E-state index is 6.16. The standard InChI is InChI=1S/C26H27NO/c1-19(2)24-16-22(13-14-26(24)28-18-21-9-5-4-6-10-21)17-27-20(3)15-23-11-7-8-12-25(23)27/h4-16,19H,17-18H2,1-3H3. The lowest BCUT2D eigenvalue weighted by atomic mass is 9.99. The van der Waals surface area contributed by atoms with Crippen molar-refractivity contribution < 1.29 is 4.74 Å². The van der Waals surface area contributed by atoms with Gasteiger partial charge in [-0.1, -0.05) is 74.5 Å². The molecule has 28 heavy (non-hydrogen) atoms. The van der Waals surface area contributed by atoms with Crippen LogP contribution in [0.25, 0.3) is 10.9 Å². The van der Waals surface area contributed by atoms with Gasteiger partial charge in [0.2, 0.25) is 0 Å². The van der Waals surface area contributed by atoms with Gasteiger partial charge in [0, 0.05) is 17.8 Å². The molecule has 0 aliphatic heterocycles. The molecule has 0 radical (unpaired) electrons. The first-order chi connectivity index (χ1) is 13.6. The smallest absolute Gasteiger partial charge is 0.123 e. The van der Waals surface area contributed by atoms with Gasteiger partial charge in [-0.2, -0.15) is 0 Å². The highest BCUT2D eigenvalue weighted by Crippen LogP contribution is 2.29. The molecule has 2 heteroatoms. The fourth-order valence-corrected chi connectivity index (χ4v) is 3.76. The minimum absolute atomic E-state index is 0.410. The third-order valence-corrected chi connectivity index (χ3v) is 5.29. The number of hydrogen-bond donors (Lipinski definition) is 0. The summed E-state index contributed by atoms with van der Waals surface area (Å²) in [6.07, 6.45) is 0. The molecule has 4 aromatic rings. The monoisotopic (exact) mass is 369 g/mol. The Balaban J connectivity index is 1.60. The fourth-order valence-electron chi connectivity index (χ4n) is 3.76. The number of para-hydroxylation sites is 1. The van der Waals surface area contributed by atoms with E-state index in [2.05, 4.69) is 98.1 Å². The summed E-state index contributed by atoms with van der Waals surface area (Å²) >= 11 is 0. The summed E-state index contributed by atoms with van der Waals surface area (Å²) in [6, 6.07) is 27.8. The van der Waals surface area contributed by atoms with Crippen LogP contribution in [0.2, 0.25) is 0 Å². The van der Waals surface area contributed by atoms with Crippen LogP contribution in [-0.2, 0) is 13.2 Å². The van der Waals surface area contributed by atoms with Crippen molar-refractivity contribution in [3.8, 4) is 5.75 Å². The van der Waals surface area contributed by atoms with Gasteiger partial charge in [0.15, 0.2) is 0 Å². The van der Waals surface area contributed by atoms with Crippen LogP contribution in [0.5, 0.6) is 5.75 Å². The summed E-state index contributed by atoms with van der Waals surface area (Å²) in [5, 5.41) is 1.30. The number of nitrogens with zero attached hydrogens (tertiary/aromatic N) is 1. The van der Waals surface area contributed by atoms with E-state index in [9.17, 15) is 0 Å². The van der Waals surface area contributed by atoms with Gasteiger partial charge in [0.25, 0.3) is 0 Å². The quantitative estimate of drug-likeness (QED) is 0.369. The van der Waals surface area contributed by atoms with Crippen LogP contribution in [0.1, 0.15) is 42.1 Å². The molecule has 0 aliphatic carbocycles. The summed E-state index contributed by atoms with van der Waals surface area (Å²) < 4.78 is 8.55. The zero-order valence-electron chi connectivity index (χ0n) is 16.9. The van der Waals surface area contributed by atoms with E-state index in [1.807, 2.05) is 6.07 Å². The Morgan fingerprint density at radius 3 is 2.36 bits per heavy atom. The number of ether oxygens (including phenoxy) is 1. The average Bonchev–Trinajstić information content (AvgIpc) is 3.03. The molecule has 0 N–H and O–H groups in total. The maximum atomic E-state index is 6.16. The summed E-state index contributed by atoms with van der Waals surface area (Å²) in [4.78, 5) is 0. The minimum atomic E-state index is 0.410. The predicted octanol–water partition coefficient (Wildman–Crippen LogP) is 6.70. The normalized spacial score (nSPS) is 11.3. The van der Waals surface area contributed by atoms with Crippen LogP contribution >= 0.6 is 0 Å². The Labute approximate surface area is 167 Å². The van der Waals surface area contributed by atoms with Gasteiger partial charge in [0.1, 0.15) is 12.4 Å². The van der Waals surface area contributed by atoms with Gasteiger partial charge < -0.3 is 9.30 Å². The minimum Gasteiger partial charge on any atom is -0.489 e. The van der Waals surface area contributed by atoms with Gasteiger partial charge in [-0.05, 0) is 53.1 Å². The molecule has 3 aromatic carbocycles. The molecule has 0 aliphatic rings. The molecule has 0 unspecified atom stereocenters. The van der Waals surface area contributed by atoms with Gasteiger partial charge >= 0.3 is 0 Å². The zero-order chi connectivity index (χ0) is 19.5. The second-order valence-electron chi connectivity index (χ2n) is 7.73. The van der Waals surface area contributed by atoms with E-state index in [1.54, 1.807) is 0 Å². The summed E-state index contributed by atoms with van der Waals surface area (Å²) in [6.45, 7) is 8.11. The van der Waals surface area contributed by atoms with Crippen LogP contribution in [0, 0.1) is 6.92 Å². The van der Waals surface area contributed by atoms with Crippen LogP contribution in [0.15, 0.2) is 78.9 Å². The Bertz CT molecular complexity index is 1080. The first-order valence-corrected chi connectivity index (χ1v) is 9.96. The van der Waals surface area contributed by atoms with Crippen molar-refractivity contribution in [3.63, 3.8) is 0 Å². The number of aryl methyl sites for hydroxylation is 1. The molecule has 0 saturated carbocycles. The predicted molar refractivity (Wildman–Crippen MR) is 117 cm³/mol. The van der Waals surface area contributed by atoms with Gasteiger partial charge in [-0.3, -0.25) is 0 Å². The van der Waals surface area contributed by atoms with Gasteiger partial charge in [-0.25, -0.2) is 0 Å². The second-order valence-corrected chi connectivity index (χ2v) is 7.73. The van der Waals surface area contributed by atoms with Crippen molar-refractivity contribution in [1.82, 2.24) is 4.57 Å². The Morgan fingerprint density at radius 1 is 0.821 bits per heavy atom. The van der Waals surface area contributed by atoms with Crippen molar-refractivity contribution >= 4 is 10.9 Å². The largest absolute Gasteiger partial charge is 0.489 e. The van der Waals surface area contributed by atoms with Crippen LogP contribution in [0.4, 0.5) is 0 Å². The van der Waals surface area contributed by atoms with Crippen LogP contribution < -0.4 is 4.74 Å². The van der Waals surface area contributed by atoms with E-state index in [4.69, 9.17) is 4.74 Å². The topological polar surface area (TPSA) is 14.2 Å². The molecular formula is C26H27NO. The van der Waals surface area contributed by atoms with Crippen LogP contribution in [0.3, 0.4) is 0 Å². The summed E-state index contributed by atoms with van der Waals surface area (Å²) in [5.74, 6) is 1.39. The number of hydrogen-bond acceptors (Lipinski definition) is 1. The number of benzene rings is 3. The third-order valence-electron chi connectivity index (χ3n) is 5.29. The number of rotatable bonds is 6. The molecule has 1 heterocycles. The molecule has 0 saturated heterocycles. The highest BCUT2D eigenvalue weighted by molar-refractivity contribution is 5.81. The fraction of sp³-hybridized carbons (Fsp3) is 0.231.